The molecule has 1 heterocycles. The van der Waals surface area contributed by atoms with E-state index in [1.807, 2.05) is 39.8 Å². The molecule has 0 aliphatic carbocycles. The summed E-state index contributed by atoms with van der Waals surface area (Å²) < 4.78 is 12.1. The van der Waals surface area contributed by atoms with Gasteiger partial charge < -0.3 is 14.4 Å². The first-order valence-corrected chi connectivity index (χ1v) is 6.88. The molecule has 1 aromatic carbocycles. The van der Waals surface area contributed by atoms with E-state index >= 15 is 0 Å². The molecular weight excluding hydrogens is 239 g/mol. The van der Waals surface area contributed by atoms with Gasteiger partial charge in [-0.25, -0.2) is 0 Å². The van der Waals surface area contributed by atoms with Gasteiger partial charge in [0.25, 0.3) is 0 Å². The van der Waals surface area contributed by atoms with Crippen molar-refractivity contribution >= 4 is 12.6 Å². The van der Waals surface area contributed by atoms with Crippen molar-refractivity contribution in [3.63, 3.8) is 0 Å². The van der Waals surface area contributed by atoms with Crippen LogP contribution >= 0.6 is 0 Å². The quantitative estimate of drug-likeness (QED) is 0.847. The highest BCUT2D eigenvalue weighted by atomic mass is 16.7. The zero-order valence-corrected chi connectivity index (χ0v) is 12.5. The largest absolute Gasteiger partial charge is 0.494 e. The van der Waals surface area contributed by atoms with Gasteiger partial charge in [-0.2, -0.15) is 0 Å². The Bertz CT molecular complexity index is 430. The molecule has 104 valence electrons. The average Bonchev–Trinajstić information content (AvgIpc) is 2.58. The Morgan fingerprint density at radius 1 is 1.00 bits per heavy atom. The van der Waals surface area contributed by atoms with Crippen molar-refractivity contribution in [3.05, 3.63) is 29.3 Å². The Morgan fingerprint density at radius 3 is 2.00 bits per heavy atom. The number of hydrogen-bond acceptors (Lipinski definition) is 3. The Morgan fingerprint density at radius 2 is 1.53 bits per heavy atom. The van der Waals surface area contributed by atoms with E-state index in [-0.39, 0.29) is 24.9 Å². The van der Waals surface area contributed by atoms with Crippen LogP contribution in [-0.4, -0.2) is 23.4 Å². The number of aliphatic hydroxyl groups is 1. The number of benzene rings is 1. The Kier molecular flexibility index (Phi) is 3.78. The highest BCUT2D eigenvalue weighted by molar-refractivity contribution is 6.62. The fraction of sp³-hybridized carbons (Fsp3) is 0.600. The SMILES string of the molecule is CCc1cc(CO)cc(B2OC(C)(C)C(C)(C)O2)c1. The third kappa shape index (κ3) is 2.71. The number of aliphatic hydroxyl groups excluding tert-OH is 1. The molecule has 0 spiro atoms. The van der Waals surface area contributed by atoms with Crippen LogP contribution in [0.25, 0.3) is 0 Å². The van der Waals surface area contributed by atoms with Gasteiger partial charge in [0.2, 0.25) is 0 Å². The molecule has 3 nitrogen and oxygen atoms in total. The summed E-state index contributed by atoms with van der Waals surface area (Å²) in [6.45, 7) is 10.3. The first-order valence-electron chi connectivity index (χ1n) is 6.88. The third-order valence-electron chi connectivity index (χ3n) is 4.19. The molecule has 0 unspecified atom stereocenters. The van der Waals surface area contributed by atoms with Crippen LogP contribution in [0.2, 0.25) is 0 Å². The third-order valence-corrected chi connectivity index (χ3v) is 4.19. The van der Waals surface area contributed by atoms with Crippen LogP contribution in [0.1, 0.15) is 45.7 Å². The van der Waals surface area contributed by atoms with Crippen LogP contribution < -0.4 is 5.46 Å². The lowest BCUT2D eigenvalue weighted by Gasteiger charge is -2.32. The van der Waals surface area contributed by atoms with Crippen LogP contribution in [0.5, 0.6) is 0 Å². The van der Waals surface area contributed by atoms with Gasteiger partial charge >= 0.3 is 7.12 Å². The van der Waals surface area contributed by atoms with Crippen molar-refractivity contribution in [3.8, 4) is 0 Å². The van der Waals surface area contributed by atoms with Crippen molar-refractivity contribution in [2.24, 2.45) is 0 Å². The normalized spacial score (nSPS) is 20.8. The lowest BCUT2D eigenvalue weighted by atomic mass is 9.77. The Labute approximate surface area is 116 Å². The summed E-state index contributed by atoms with van der Waals surface area (Å²) in [4.78, 5) is 0. The highest BCUT2D eigenvalue weighted by Crippen LogP contribution is 2.36. The maximum atomic E-state index is 9.35. The minimum Gasteiger partial charge on any atom is -0.399 e. The maximum Gasteiger partial charge on any atom is 0.494 e. The summed E-state index contributed by atoms with van der Waals surface area (Å²) in [5.41, 5.74) is 2.42. The van der Waals surface area contributed by atoms with E-state index in [4.69, 9.17) is 9.31 Å². The van der Waals surface area contributed by atoms with E-state index < -0.39 is 0 Å². The minimum atomic E-state index is -0.359. The lowest BCUT2D eigenvalue weighted by molar-refractivity contribution is 0.00578. The number of rotatable bonds is 3. The molecule has 0 saturated carbocycles. The first-order chi connectivity index (χ1) is 8.79. The molecular formula is C15H23BO3. The summed E-state index contributed by atoms with van der Waals surface area (Å²) in [6, 6.07) is 6.08. The molecule has 1 aliphatic rings. The summed E-state index contributed by atoms with van der Waals surface area (Å²) in [6.07, 6.45) is 0.931. The molecule has 0 atom stereocenters. The van der Waals surface area contributed by atoms with E-state index in [0.717, 1.165) is 17.4 Å². The van der Waals surface area contributed by atoms with Crippen LogP contribution in [0, 0.1) is 0 Å². The van der Waals surface area contributed by atoms with Gasteiger partial charge in [0.1, 0.15) is 0 Å². The molecule has 4 heteroatoms. The number of hydrogen-bond donors (Lipinski definition) is 1. The summed E-state index contributed by atoms with van der Waals surface area (Å²) in [7, 11) is -0.359. The zero-order valence-electron chi connectivity index (χ0n) is 12.5. The van der Waals surface area contributed by atoms with Gasteiger partial charge in [0.15, 0.2) is 0 Å². The molecule has 2 rings (SSSR count). The second-order valence-corrected chi connectivity index (χ2v) is 6.18. The molecule has 0 amide bonds. The second-order valence-electron chi connectivity index (χ2n) is 6.18. The summed E-state index contributed by atoms with van der Waals surface area (Å²) in [5.74, 6) is 0. The summed E-state index contributed by atoms with van der Waals surface area (Å²) in [5, 5.41) is 9.35. The van der Waals surface area contributed by atoms with Crippen LogP contribution in [0.15, 0.2) is 18.2 Å². The topological polar surface area (TPSA) is 38.7 Å². The van der Waals surface area contributed by atoms with Gasteiger partial charge in [-0.15, -0.1) is 0 Å². The van der Waals surface area contributed by atoms with Gasteiger partial charge in [0.05, 0.1) is 17.8 Å². The average molecular weight is 262 g/mol. The molecule has 1 aliphatic heterocycles. The van der Waals surface area contributed by atoms with E-state index in [1.165, 1.54) is 5.56 Å². The van der Waals surface area contributed by atoms with Crippen LogP contribution in [0.4, 0.5) is 0 Å². The standard InChI is InChI=1S/C15H23BO3/c1-6-11-7-12(10-17)9-13(8-11)16-18-14(2,3)15(4,5)19-16/h7-9,17H,6,10H2,1-5H3. The van der Waals surface area contributed by atoms with E-state index in [1.54, 1.807) is 0 Å². The van der Waals surface area contributed by atoms with Gasteiger partial charge in [-0.1, -0.05) is 25.1 Å². The molecule has 0 radical (unpaired) electrons. The maximum absolute atomic E-state index is 9.35. The Hall–Kier alpha value is -0.835. The van der Waals surface area contributed by atoms with Crippen molar-refractivity contribution in [1.29, 1.82) is 0 Å². The van der Waals surface area contributed by atoms with Gasteiger partial charge in [-0.3, -0.25) is 0 Å². The predicted molar refractivity (Wildman–Crippen MR) is 77.5 cm³/mol. The Balaban J connectivity index is 2.33. The van der Waals surface area contributed by atoms with E-state index in [0.29, 0.717) is 0 Å². The van der Waals surface area contributed by atoms with Crippen molar-refractivity contribution in [1.82, 2.24) is 0 Å². The minimum absolute atomic E-state index is 0.0420. The second kappa shape index (κ2) is 4.93. The molecule has 19 heavy (non-hydrogen) atoms. The van der Waals surface area contributed by atoms with Crippen molar-refractivity contribution < 1.29 is 14.4 Å². The van der Waals surface area contributed by atoms with Crippen LogP contribution in [-0.2, 0) is 22.3 Å². The van der Waals surface area contributed by atoms with Crippen LogP contribution in [0.3, 0.4) is 0 Å². The number of aryl methyl sites for hydroxylation is 1. The molecule has 0 bridgehead atoms. The fourth-order valence-corrected chi connectivity index (χ4v) is 2.20. The molecule has 1 aromatic rings. The smallest absolute Gasteiger partial charge is 0.399 e. The van der Waals surface area contributed by atoms with E-state index in [2.05, 4.69) is 13.0 Å². The monoisotopic (exact) mass is 262 g/mol. The highest BCUT2D eigenvalue weighted by Gasteiger charge is 2.51. The first kappa shape index (κ1) is 14.6. The fourth-order valence-electron chi connectivity index (χ4n) is 2.20. The molecule has 0 aromatic heterocycles. The van der Waals surface area contributed by atoms with Crippen molar-refractivity contribution in [2.75, 3.05) is 0 Å². The van der Waals surface area contributed by atoms with Gasteiger partial charge in [-0.05, 0) is 50.7 Å². The van der Waals surface area contributed by atoms with E-state index in [9.17, 15) is 5.11 Å². The lowest BCUT2D eigenvalue weighted by Crippen LogP contribution is -2.41. The van der Waals surface area contributed by atoms with Crippen molar-refractivity contribution in [2.45, 2.75) is 58.8 Å². The zero-order chi connectivity index (χ0) is 14.3. The molecule has 1 fully saturated rings. The molecule has 1 saturated heterocycles. The summed E-state index contributed by atoms with van der Waals surface area (Å²) >= 11 is 0. The molecule has 1 N–H and O–H groups in total. The van der Waals surface area contributed by atoms with Gasteiger partial charge in [0, 0.05) is 0 Å². The predicted octanol–water partition coefficient (Wildman–Crippen LogP) is 2.04.